The Kier molecular flexibility index (Phi) is 8.05. The zero-order chi connectivity index (χ0) is 29.9. The summed E-state index contributed by atoms with van der Waals surface area (Å²) in [6.45, 7) is 2.62. The molecule has 7 rings (SSSR count). The van der Waals surface area contributed by atoms with Gasteiger partial charge in [-0.05, 0) is 55.5 Å². The number of hydrogen-bond acceptors (Lipinski definition) is 6. The van der Waals surface area contributed by atoms with Crippen LogP contribution < -0.4 is 5.32 Å². The lowest BCUT2D eigenvalue weighted by molar-refractivity contribution is -0.439. The first-order valence-corrected chi connectivity index (χ1v) is 14.4. The van der Waals surface area contributed by atoms with Crippen LogP contribution in [-0.2, 0) is 6.54 Å². The third-order valence-electron chi connectivity index (χ3n) is 7.12. The summed E-state index contributed by atoms with van der Waals surface area (Å²) in [5, 5.41) is 25.2. The molecule has 0 aliphatic carbocycles. The number of fused-ring (bicyclic) bond motifs is 4. The fourth-order valence-corrected chi connectivity index (χ4v) is 5.49. The van der Waals surface area contributed by atoms with Crippen molar-refractivity contribution in [1.29, 1.82) is 0 Å². The number of aromatic nitrogens is 3. The summed E-state index contributed by atoms with van der Waals surface area (Å²) in [6.07, 6.45) is 0. The lowest BCUT2D eigenvalue weighted by Crippen LogP contribution is -2.29. The molecule has 3 heterocycles. The van der Waals surface area contributed by atoms with Crippen molar-refractivity contribution in [3.63, 3.8) is 0 Å². The van der Waals surface area contributed by atoms with E-state index in [4.69, 9.17) is 28.2 Å². The Morgan fingerprint density at radius 2 is 1.47 bits per heavy atom. The van der Waals surface area contributed by atoms with E-state index in [1.807, 2.05) is 84.3 Å². The zero-order valence-electron chi connectivity index (χ0n) is 23.5. The number of hydroxylamine groups is 1. The number of nitrogens with zero attached hydrogens (tertiary/aromatic N) is 6. The minimum atomic E-state index is 0.174. The van der Waals surface area contributed by atoms with Gasteiger partial charge in [-0.2, -0.15) is 4.74 Å². The Hall–Kier alpha value is -4.79. The first kappa shape index (κ1) is 28.3. The van der Waals surface area contributed by atoms with Crippen LogP contribution in [0.1, 0.15) is 33.9 Å². The Morgan fingerprint density at radius 1 is 0.814 bits per heavy atom. The molecule has 0 atom stereocenters. The van der Waals surface area contributed by atoms with E-state index in [9.17, 15) is 5.21 Å². The minimum absolute atomic E-state index is 0.174. The molecule has 0 bridgehead atoms. The van der Waals surface area contributed by atoms with E-state index < -0.39 is 0 Å². The number of benzene rings is 4. The maximum Gasteiger partial charge on any atom is 0.228 e. The minimum Gasteiger partial charge on any atom is -0.623 e. The Labute approximate surface area is 259 Å². The first-order valence-electron chi connectivity index (χ1n) is 13.7. The second-order valence-electron chi connectivity index (χ2n) is 9.91. The summed E-state index contributed by atoms with van der Waals surface area (Å²) < 4.78 is 3.00. The number of nitrogens with one attached hydrogen (secondary N) is 1. The fraction of sp³-hybridized carbons (Fsp3) is 0.121. The molecule has 4 aromatic carbocycles. The average Bonchev–Trinajstić information content (AvgIpc) is 3.22. The molecular formula is C33H27Cl2N7O. The van der Waals surface area contributed by atoms with E-state index in [1.165, 1.54) is 0 Å². The summed E-state index contributed by atoms with van der Waals surface area (Å²) >= 11 is 12.3. The molecule has 0 fully saturated rings. The quantitative estimate of drug-likeness (QED) is 0.182. The third kappa shape index (κ3) is 5.80. The number of aliphatic imine (C=N–C) groups is 2. The van der Waals surface area contributed by atoms with Crippen LogP contribution in [0.3, 0.4) is 0 Å². The molecule has 2 aliphatic rings. The van der Waals surface area contributed by atoms with Crippen LogP contribution >= 0.6 is 23.2 Å². The summed E-state index contributed by atoms with van der Waals surface area (Å²) in [5.41, 5.74) is 6.94. The van der Waals surface area contributed by atoms with Crippen LogP contribution in [0.4, 0.5) is 5.69 Å². The van der Waals surface area contributed by atoms with Gasteiger partial charge >= 0.3 is 0 Å². The highest BCUT2D eigenvalue weighted by Crippen LogP contribution is 2.29. The van der Waals surface area contributed by atoms with Crippen molar-refractivity contribution >= 4 is 46.1 Å². The maximum atomic E-state index is 12.6. The monoisotopic (exact) mass is 607 g/mol. The van der Waals surface area contributed by atoms with Gasteiger partial charge in [0, 0.05) is 33.8 Å². The molecule has 0 radical (unpaired) electrons. The molecule has 2 aliphatic heterocycles. The van der Waals surface area contributed by atoms with Gasteiger partial charge in [0.05, 0.1) is 22.6 Å². The number of halogens is 2. The number of aryl methyl sites for hydroxylation is 1. The van der Waals surface area contributed by atoms with Gasteiger partial charge in [-0.3, -0.25) is 9.56 Å². The normalized spacial score (nSPS) is 13.7. The standard InChI is InChI=1S/C17H13ClN4.C16H14ClN3O/c1-11-20-21-16-10-19-17(12-5-3-2-4-6-12)14-9-13(18)7-8-15(14)22(11)16;1-18-15-10-20(21)16(11-5-3-2-4-6-11)13-9-12(17)7-8-14(13)19-15/h2-9H,10H2,1H3;2-9H,10H2,1H3,(H,18,19). The van der Waals surface area contributed by atoms with E-state index in [1.54, 1.807) is 19.2 Å². The van der Waals surface area contributed by atoms with Crippen molar-refractivity contribution in [2.45, 2.75) is 13.5 Å². The van der Waals surface area contributed by atoms with Crippen LogP contribution in [0.2, 0.25) is 10.0 Å². The highest BCUT2D eigenvalue weighted by atomic mass is 35.5. The molecule has 10 heteroatoms. The molecule has 214 valence electrons. The van der Waals surface area contributed by atoms with E-state index >= 15 is 0 Å². The zero-order valence-corrected chi connectivity index (χ0v) is 25.0. The van der Waals surface area contributed by atoms with Crippen molar-refractivity contribution < 1.29 is 4.74 Å². The van der Waals surface area contributed by atoms with Crippen molar-refractivity contribution in [3.05, 3.63) is 146 Å². The molecule has 0 spiro atoms. The SMILES string of the molecule is CNC1=Nc2ccc(Cl)cc2C(c2ccccc2)=[N+]([O-])C1.Cc1nnc2n1-c1ccc(Cl)cc1C(c1ccccc1)=NC2. The number of rotatable bonds is 2. The number of amidine groups is 1. The molecule has 0 saturated heterocycles. The Morgan fingerprint density at radius 3 is 2.16 bits per heavy atom. The summed E-state index contributed by atoms with van der Waals surface area (Å²) in [5.74, 6) is 2.31. The van der Waals surface area contributed by atoms with Crippen LogP contribution in [0.5, 0.6) is 0 Å². The summed E-state index contributed by atoms with van der Waals surface area (Å²) in [6, 6.07) is 30.9. The molecule has 0 saturated carbocycles. The second-order valence-corrected chi connectivity index (χ2v) is 10.8. The Bertz CT molecular complexity index is 1900. The average molecular weight is 609 g/mol. The van der Waals surface area contributed by atoms with E-state index in [0.29, 0.717) is 28.1 Å². The predicted molar refractivity (Wildman–Crippen MR) is 173 cm³/mol. The molecule has 0 amide bonds. The number of likely N-dealkylation sites (N-methyl/N-ethyl adjacent to an activating group) is 1. The second kappa shape index (κ2) is 12.2. The van der Waals surface area contributed by atoms with Gasteiger partial charge in [0.15, 0.2) is 11.7 Å². The molecule has 8 nitrogen and oxygen atoms in total. The molecule has 0 unspecified atom stereocenters. The highest BCUT2D eigenvalue weighted by Gasteiger charge is 2.24. The number of hydrogen-bond donors (Lipinski definition) is 1. The summed E-state index contributed by atoms with van der Waals surface area (Å²) in [4.78, 5) is 9.27. The van der Waals surface area contributed by atoms with Crippen molar-refractivity contribution in [1.82, 2.24) is 20.1 Å². The molecule has 1 aromatic heterocycles. The largest absolute Gasteiger partial charge is 0.623 e. The van der Waals surface area contributed by atoms with Gasteiger partial charge in [-0.25, -0.2) is 4.99 Å². The lowest BCUT2D eigenvalue weighted by Gasteiger charge is -2.12. The van der Waals surface area contributed by atoms with Gasteiger partial charge in [0.25, 0.3) is 0 Å². The van der Waals surface area contributed by atoms with Gasteiger partial charge in [-0.1, -0.05) is 71.7 Å². The molecule has 5 aromatic rings. The molecule has 1 N–H and O–H groups in total. The fourth-order valence-electron chi connectivity index (χ4n) is 5.15. The maximum absolute atomic E-state index is 12.6. The topological polar surface area (TPSA) is 93.5 Å². The van der Waals surface area contributed by atoms with Crippen LogP contribution in [0.25, 0.3) is 5.69 Å². The van der Waals surface area contributed by atoms with Crippen molar-refractivity contribution in [2.75, 3.05) is 13.6 Å². The van der Waals surface area contributed by atoms with Gasteiger partial charge in [0.1, 0.15) is 12.4 Å². The van der Waals surface area contributed by atoms with E-state index in [0.717, 1.165) is 55.7 Å². The Balaban J connectivity index is 0.000000153. The summed E-state index contributed by atoms with van der Waals surface area (Å²) in [7, 11) is 1.76. The van der Waals surface area contributed by atoms with Crippen LogP contribution in [0, 0.1) is 12.1 Å². The predicted octanol–water partition coefficient (Wildman–Crippen LogP) is 6.53. The van der Waals surface area contributed by atoms with Gasteiger partial charge < -0.3 is 10.5 Å². The van der Waals surface area contributed by atoms with Crippen LogP contribution in [-0.4, -0.2) is 50.4 Å². The van der Waals surface area contributed by atoms with Crippen molar-refractivity contribution in [2.24, 2.45) is 9.98 Å². The van der Waals surface area contributed by atoms with Crippen LogP contribution in [0.15, 0.2) is 107 Å². The van der Waals surface area contributed by atoms with E-state index in [2.05, 4.69) is 32.6 Å². The van der Waals surface area contributed by atoms with Gasteiger partial charge in [-0.15, -0.1) is 10.2 Å². The van der Waals surface area contributed by atoms with Gasteiger partial charge in [0.2, 0.25) is 12.3 Å². The smallest absolute Gasteiger partial charge is 0.228 e. The molecular weight excluding hydrogens is 581 g/mol. The third-order valence-corrected chi connectivity index (χ3v) is 7.59. The molecule has 43 heavy (non-hydrogen) atoms. The highest BCUT2D eigenvalue weighted by molar-refractivity contribution is 6.32. The van der Waals surface area contributed by atoms with Crippen molar-refractivity contribution in [3.8, 4) is 5.69 Å². The first-order chi connectivity index (χ1) is 20.9. The van der Waals surface area contributed by atoms with E-state index in [-0.39, 0.29) is 6.54 Å². The lowest BCUT2D eigenvalue weighted by atomic mass is 10.0.